The van der Waals surface area contributed by atoms with Crippen molar-refractivity contribution in [1.29, 1.82) is 0 Å². The number of nitrogen functional groups attached to an aromatic ring is 1. The Bertz CT molecular complexity index is 671. The Morgan fingerprint density at radius 1 is 1.24 bits per heavy atom. The van der Waals surface area contributed by atoms with Gasteiger partial charge < -0.3 is 11.1 Å². The van der Waals surface area contributed by atoms with Crippen molar-refractivity contribution >= 4 is 29.0 Å². The largest absolute Gasteiger partial charge is 0.416 e. The van der Waals surface area contributed by atoms with Gasteiger partial charge in [0.25, 0.3) is 5.91 Å². The molecule has 0 atom stereocenters. The van der Waals surface area contributed by atoms with Crippen molar-refractivity contribution in [2.45, 2.75) is 6.18 Å². The fourth-order valence-electron chi connectivity index (χ4n) is 1.58. The van der Waals surface area contributed by atoms with E-state index in [9.17, 15) is 18.0 Å². The molecular weight excluding hydrogens is 307 g/mol. The lowest BCUT2D eigenvalue weighted by Crippen LogP contribution is -2.16. The summed E-state index contributed by atoms with van der Waals surface area (Å²) < 4.78 is 37.5. The lowest BCUT2D eigenvalue weighted by atomic mass is 10.1. The number of pyridine rings is 1. The summed E-state index contributed by atoms with van der Waals surface area (Å²) in [5, 5.41) is 2.81. The number of halogens is 4. The Morgan fingerprint density at radius 3 is 2.48 bits per heavy atom. The van der Waals surface area contributed by atoms with Gasteiger partial charge in [0.2, 0.25) is 0 Å². The summed E-state index contributed by atoms with van der Waals surface area (Å²) >= 11 is 5.65. The molecule has 0 aliphatic carbocycles. The van der Waals surface area contributed by atoms with Gasteiger partial charge in [0.15, 0.2) is 0 Å². The number of benzene rings is 1. The molecule has 110 valence electrons. The van der Waals surface area contributed by atoms with Crippen molar-refractivity contribution < 1.29 is 18.0 Å². The van der Waals surface area contributed by atoms with Crippen molar-refractivity contribution in [1.82, 2.24) is 4.98 Å². The van der Waals surface area contributed by atoms with Crippen molar-refractivity contribution in [2.75, 3.05) is 11.1 Å². The van der Waals surface area contributed by atoms with Crippen LogP contribution in [0.4, 0.5) is 24.7 Å². The number of hydrogen-bond acceptors (Lipinski definition) is 3. The van der Waals surface area contributed by atoms with Gasteiger partial charge in [-0.25, -0.2) is 4.98 Å². The summed E-state index contributed by atoms with van der Waals surface area (Å²) in [6, 6.07) is 5.49. The lowest BCUT2D eigenvalue weighted by molar-refractivity contribution is -0.137. The molecule has 21 heavy (non-hydrogen) atoms. The zero-order valence-electron chi connectivity index (χ0n) is 10.4. The Balaban J connectivity index is 2.22. The molecule has 2 aromatic rings. The van der Waals surface area contributed by atoms with E-state index in [0.717, 1.165) is 12.1 Å². The minimum Gasteiger partial charge on any atom is -0.398 e. The highest BCUT2D eigenvalue weighted by Gasteiger charge is 2.31. The molecule has 1 aromatic carbocycles. The SMILES string of the molecule is Nc1cc(C(F)(F)F)ccc1C(=O)Nc1ccc(Cl)cn1. The molecule has 0 saturated heterocycles. The molecule has 0 spiro atoms. The fourth-order valence-corrected chi connectivity index (χ4v) is 1.69. The van der Waals surface area contributed by atoms with Crippen molar-refractivity contribution in [3.63, 3.8) is 0 Å². The molecule has 0 radical (unpaired) electrons. The van der Waals surface area contributed by atoms with Crippen LogP contribution in [0.15, 0.2) is 36.5 Å². The van der Waals surface area contributed by atoms with Crippen LogP contribution in [0.3, 0.4) is 0 Å². The van der Waals surface area contributed by atoms with Crippen LogP contribution in [0.5, 0.6) is 0 Å². The predicted molar refractivity (Wildman–Crippen MR) is 73.1 cm³/mol. The third-order valence-electron chi connectivity index (χ3n) is 2.59. The quantitative estimate of drug-likeness (QED) is 0.832. The van der Waals surface area contributed by atoms with Gasteiger partial charge in [-0.2, -0.15) is 13.2 Å². The Morgan fingerprint density at radius 2 is 1.95 bits per heavy atom. The van der Waals surface area contributed by atoms with Crippen LogP contribution in [0.1, 0.15) is 15.9 Å². The summed E-state index contributed by atoms with van der Waals surface area (Å²) in [6.07, 6.45) is -3.19. The summed E-state index contributed by atoms with van der Waals surface area (Å²) in [7, 11) is 0. The van der Waals surface area contributed by atoms with Gasteiger partial charge in [0, 0.05) is 11.9 Å². The number of rotatable bonds is 2. The molecule has 0 fully saturated rings. The van der Waals surface area contributed by atoms with Gasteiger partial charge in [-0.15, -0.1) is 0 Å². The summed E-state index contributed by atoms with van der Waals surface area (Å²) in [4.78, 5) is 15.8. The Kier molecular flexibility index (Phi) is 4.04. The molecule has 0 saturated carbocycles. The number of carbonyl (C=O) groups excluding carboxylic acids is 1. The van der Waals surface area contributed by atoms with Crippen LogP contribution in [-0.2, 0) is 6.18 Å². The minimum atomic E-state index is -4.51. The first kappa shape index (κ1) is 15.1. The number of nitrogens with one attached hydrogen (secondary N) is 1. The first-order chi connectivity index (χ1) is 9.77. The van der Waals surface area contributed by atoms with Gasteiger partial charge in [0.1, 0.15) is 5.82 Å². The van der Waals surface area contributed by atoms with Gasteiger partial charge in [0.05, 0.1) is 16.1 Å². The second kappa shape index (κ2) is 5.61. The molecule has 8 heteroatoms. The van der Waals surface area contributed by atoms with E-state index in [0.29, 0.717) is 11.1 Å². The highest BCUT2D eigenvalue weighted by Crippen LogP contribution is 2.31. The number of amides is 1. The van der Waals surface area contributed by atoms with Gasteiger partial charge in [-0.3, -0.25) is 4.79 Å². The van der Waals surface area contributed by atoms with Crippen LogP contribution < -0.4 is 11.1 Å². The van der Waals surface area contributed by atoms with E-state index in [1.54, 1.807) is 0 Å². The zero-order valence-corrected chi connectivity index (χ0v) is 11.2. The maximum absolute atomic E-state index is 12.5. The normalized spacial score (nSPS) is 11.2. The van der Waals surface area contributed by atoms with Crippen LogP contribution >= 0.6 is 11.6 Å². The highest BCUT2D eigenvalue weighted by molar-refractivity contribution is 6.30. The number of alkyl halides is 3. The smallest absolute Gasteiger partial charge is 0.398 e. The van der Waals surface area contributed by atoms with E-state index in [-0.39, 0.29) is 17.1 Å². The summed E-state index contributed by atoms with van der Waals surface area (Å²) in [5.74, 6) is -0.445. The molecule has 4 nitrogen and oxygen atoms in total. The molecule has 0 aliphatic heterocycles. The lowest BCUT2D eigenvalue weighted by Gasteiger charge is -2.11. The van der Waals surface area contributed by atoms with Crippen molar-refractivity contribution in [3.8, 4) is 0 Å². The number of nitrogens with zero attached hydrogens (tertiary/aromatic N) is 1. The third-order valence-corrected chi connectivity index (χ3v) is 2.82. The van der Waals surface area contributed by atoms with Crippen molar-refractivity contribution in [3.05, 3.63) is 52.7 Å². The van der Waals surface area contributed by atoms with E-state index < -0.39 is 17.6 Å². The Hall–Kier alpha value is -2.28. The molecule has 3 N–H and O–H groups in total. The van der Waals surface area contributed by atoms with Crippen LogP contribution in [0.2, 0.25) is 5.02 Å². The van der Waals surface area contributed by atoms with E-state index in [2.05, 4.69) is 10.3 Å². The number of hydrogen-bond donors (Lipinski definition) is 2. The van der Waals surface area contributed by atoms with Crippen molar-refractivity contribution in [2.24, 2.45) is 0 Å². The molecule has 1 heterocycles. The molecule has 0 unspecified atom stereocenters. The fraction of sp³-hybridized carbons (Fsp3) is 0.0769. The van der Waals surface area contributed by atoms with Crippen LogP contribution in [-0.4, -0.2) is 10.9 Å². The average Bonchev–Trinajstić information content (AvgIpc) is 2.40. The predicted octanol–water partition coefficient (Wildman–Crippen LogP) is 3.59. The van der Waals surface area contributed by atoms with Crippen LogP contribution in [0.25, 0.3) is 0 Å². The number of nitrogens with two attached hydrogens (primary N) is 1. The average molecular weight is 316 g/mol. The van der Waals surface area contributed by atoms with Gasteiger partial charge in [-0.1, -0.05) is 11.6 Å². The maximum Gasteiger partial charge on any atom is 0.416 e. The molecule has 0 bridgehead atoms. The first-order valence-corrected chi connectivity index (χ1v) is 6.05. The topological polar surface area (TPSA) is 68.0 Å². The second-order valence-corrected chi connectivity index (χ2v) is 4.55. The summed E-state index contributed by atoms with van der Waals surface area (Å²) in [5.41, 5.74) is 4.24. The number of carbonyl (C=O) groups is 1. The molecule has 0 aliphatic rings. The molecule has 1 aromatic heterocycles. The van der Waals surface area contributed by atoms with Gasteiger partial charge in [-0.05, 0) is 30.3 Å². The maximum atomic E-state index is 12.5. The first-order valence-electron chi connectivity index (χ1n) is 5.67. The Labute approximate surface area is 122 Å². The minimum absolute atomic E-state index is 0.0697. The van der Waals surface area contributed by atoms with E-state index >= 15 is 0 Å². The van der Waals surface area contributed by atoms with Gasteiger partial charge >= 0.3 is 6.18 Å². The van der Waals surface area contributed by atoms with E-state index in [1.165, 1.54) is 18.3 Å². The summed E-state index contributed by atoms with van der Waals surface area (Å²) in [6.45, 7) is 0. The van der Waals surface area contributed by atoms with E-state index in [1.807, 2.05) is 0 Å². The standard InChI is InChI=1S/C13H9ClF3N3O/c14-8-2-4-11(19-6-8)20-12(21)9-3-1-7(5-10(9)18)13(15,16)17/h1-6H,18H2,(H,19,20,21). The second-order valence-electron chi connectivity index (χ2n) is 4.12. The highest BCUT2D eigenvalue weighted by atomic mass is 35.5. The van der Waals surface area contributed by atoms with E-state index in [4.69, 9.17) is 17.3 Å². The molecule has 1 amide bonds. The molecular formula is C13H9ClF3N3O. The molecule has 2 rings (SSSR count). The zero-order chi connectivity index (χ0) is 15.6. The number of anilines is 2. The number of aromatic nitrogens is 1. The van der Waals surface area contributed by atoms with Crippen LogP contribution in [0, 0.1) is 0 Å². The third kappa shape index (κ3) is 3.63. The monoisotopic (exact) mass is 315 g/mol.